The predicted octanol–water partition coefficient (Wildman–Crippen LogP) is 2.96. The Hall–Kier alpha value is -2.64. The zero-order valence-corrected chi connectivity index (χ0v) is 16.5. The van der Waals surface area contributed by atoms with Crippen molar-refractivity contribution in [3.8, 4) is 5.75 Å². The smallest absolute Gasteiger partial charge is 0.251 e. The summed E-state index contributed by atoms with van der Waals surface area (Å²) < 4.78 is 32.2. The average Bonchev–Trinajstić information content (AvgIpc) is 2.66. The van der Waals surface area contributed by atoms with Gasteiger partial charge in [-0.25, -0.2) is 13.1 Å². The lowest BCUT2D eigenvalue weighted by Crippen LogP contribution is -2.28. The molecule has 2 aromatic carbocycles. The molecule has 2 rings (SSSR count). The molecule has 6 nitrogen and oxygen atoms in total. The maximum atomic E-state index is 12.6. The van der Waals surface area contributed by atoms with Crippen molar-refractivity contribution in [3.05, 3.63) is 71.8 Å². The maximum absolute atomic E-state index is 12.6. The Morgan fingerprint density at radius 3 is 2.67 bits per heavy atom. The van der Waals surface area contributed by atoms with Gasteiger partial charge in [-0.05, 0) is 38.1 Å². The van der Waals surface area contributed by atoms with Gasteiger partial charge in [0.2, 0.25) is 10.0 Å². The van der Waals surface area contributed by atoms with Crippen molar-refractivity contribution in [1.82, 2.24) is 10.0 Å². The van der Waals surface area contributed by atoms with Gasteiger partial charge in [-0.2, -0.15) is 0 Å². The molecule has 0 aliphatic rings. The summed E-state index contributed by atoms with van der Waals surface area (Å²) in [5.74, 6) is 0.310. The van der Waals surface area contributed by atoms with E-state index in [0.29, 0.717) is 5.75 Å². The molecule has 0 bridgehead atoms. The van der Waals surface area contributed by atoms with Crippen molar-refractivity contribution in [1.29, 1.82) is 0 Å². The molecular formula is C20H24N2O4S. The molecule has 0 fully saturated rings. The molecule has 1 amide bonds. The Labute approximate surface area is 160 Å². The lowest BCUT2D eigenvalue weighted by atomic mass is 10.0. The van der Waals surface area contributed by atoms with Crippen LogP contribution in [0.4, 0.5) is 0 Å². The van der Waals surface area contributed by atoms with Crippen LogP contribution in [0.25, 0.3) is 0 Å². The zero-order valence-electron chi connectivity index (χ0n) is 15.7. The molecule has 0 aliphatic carbocycles. The highest BCUT2D eigenvalue weighted by atomic mass is 32.2. The molecule has 1 atom stereocenters. The first-order valence-corrected chi connectivity index (χ1v) is 9.93. The lowest BCUT2D eigenvalue weighted by molar-refractivity contribution is 0.0939. The van der Waals surface area contributed by atoms with E-state index in [4.69, 9.17) is 4.74 Å². The summed E-state index contributed by atoms with van der Waals surface area (Å²) in [6, 6.07) is 11.3. The molecule has 0 aliphatic heterocycles. The van der Waals surface area contributed by atoms with Crippen LogP contribution in [0.1, 0.15) is 34.5 Å². The summed E-state index contributed by atoms with van der Waals surface area (Å²) >= 11 is 0. The molecule has 7 heteroatoms. The third kappa shape index (κ3) is 5.18. The molecule has 144 valence electrons. The molecule has 0 spiro atoms. The number of ether oxygens (including phenoxy) is 1. The first-order chi connectivity index (χ1) is 12.8. The summed E-state index contributed by atoms with van der Waals surface area (Å²) in [4.78, 5) is 12.6. The monoisotopic (exact) mass is 388 g/mol. The van der Waals surface area contributed by atoms with E-state index in [2.05, 4.69) is 16.6 Å². The topological polar surface area (TPSA) is 84.5 Å². The second-order valence-corrected chi connectivity index (χ2v) is 7.88. The Morgan fingerprint density at radius 1 is 1.26 bits per heavy atom. The number of hydrogen-bond donors (Lipinski definition) is 2. The van der Waals surface area contributed by atoms with E-state index in [1.165, 1.54) is 24.3 Å². The SMILES string of the molecule is C=CCNS(=O)(=O)c1cccc(C(=O)N[C@H](C)c2cc(C)ccc2OC)c1. The molecule has 0 radical (unpaired) electrons. The third-order valence-electron chi connectivity index (χ3n) is 4.02. The number of carbonyl (C=O) groups is 1. The van der Waals surface area contributed by atoms with E-state index in [1.807, 2.05) is 32.0 Å². The highest BCUT2D eigenvalue weighted by Gasteiger charge is 2.18. The van der Waals surface area contributed by atoms with Crippen molar-refractivity contribution in [2.45, 2.75) is 24.8 Å². The number of hydrogen-bond acceptors (Lipinski definition) is 4. The fraction of sp³-hybridized carbons (Fsp3) is 0.250. The van der Waals surface area contributed by atoms with Gasteiger partial charge in [0.05, 0.1) is 18.0 Å². The number of carbonyl (C=O) groups excluding carboxylic acids is 1. The fourth-order valence-electron chi connectivity index (χ4n) is 2.61. The van der Waals surface area contributed by atoms with Crippen LogP contribution < -0.4 is 14.8 Å². The molecule has 2 N–H and O–H groups in total. The molecule has 0 unspecified atom stereocenters. The first-order valence-electron chi connectivity index (χ1n) is 8.44. The van der Waals surface area contributed by atoms with Crippen molar-refractivity contribution in [2.24, 2.45) is 0 Å². The van der Waals surface area contributed by atoms with Gasteiger partial charge in [-0.3, -0.25) is 4.79 Å². The second-order valence-electron chi connectivity index (χ2n) is 6.11. The zero-order chi connectivity index (χ0) is 20.0. The molecule has 27 heavy (non-hydrogen) atoms. The van der Waals surface area contributed by atoms with Crippen LogP contribution in [0.3, 0.4) is 0 Å². The van der Waals surface area contributed by atoms with Gasteiger partial charge in [0, 0.05) is 17.7 Å². The van der Waals surface area contributed by atoms with Gasteiger partial charge in [0.1, 0.15) is 5.75 Å². The van der Waals surface area contributed by atoms with Crippen LogP contribution in [-0.2, 0) is 10.0 Å². The Bertz CT molecular complexity index is 939. The Balaban J connectivity index is 2.23. The summed E-state index contributed by atoms with van der Waals surface area (Å²) in [5.41, 5.74) is 2.16. The highest BCUT2D eigenvalue weighted by molar-refractivity contribution is 7.89. The summed E-state index contributed by atoms with van der Waals surface area (Å²) in [7, 11) is -2.12. The van der Waals surface area contributed by atoms with Gasteiger partial charge in [0.25, 0.3) is 5.91 Å². The van der Waals surface area contributed by atoms with Crippen molar-refractivity contribution < 1.29 is 17.9 Å². The average molecular weight is 388 g/mol. The summed E-state index contributed by atoms with van der Waals surface area (Å²) in [6.07, 6.45) is 1.45. The third-order valence-corrected chi connectivity index (χ3v) is 5.44. The van der Waals surface area contributed by atoms with Gasteiger partial charge < -0.3 is 10.1 Å². The largest absolute Gasteiger partial charge is 0.496 e. The minimum atomic E-state index is -3.70. The lowest BCUT2D eigenvalue weighted by Gasteiger charge is -2.18. The standard InChI is InChI=1S/C20H24N2O4S/c1-5-11-21-27(24,25)17-8-6-7-16(13-17)20(23)22-15(3)18-12-14(2)9-10-19(18)26-4/h5-10,12-13,15,21H,1,11H2,2-4H3,(H,22,23)/t15-/m1/s1. The van der Waals surface area contributed by atoms with Crippen LogP contribution in [0.15, 0.2) is 60.0 Å². The number of methoxy groups -OCH3 is 1. The predicted molar refractivity (Wildman–Crippen MR) is 105 cm³/mol. The number of nitrogens with one attached hydrogen (secondary N) is 2. The van der Waals surface area contributed by atoms with Gasteiger partial charge in [-0.15, -0.1) is 6.58 Å². The molecule has 0 saturated carbocycles. The molecule has 0 saturated heterocycles. The van der Waals surface area contributed by atoms with Gasteiger partial charge in [0.15, 0.2) is 0 Å². The van der Waals surface area contributed by atoms with E-state index >= 15 is 0 Å². The second kappa shape index (κ2) is 8.83. The van der Waals surface area contributed by atoms with Crippen LogP contribution in [0.2, 0.25) is 0 Å². The number of aryl methyl sites for hydroxylation is 1. The Kier molecular flexibility index (Phi) is 6.76. The van der Waals surface area contributed by atoms with E-state index in [0.717, 1.165) is 11.1 Å². The molecular weight excluding hydrogens is 364 g/mol. The maximum Gasteiger partial charge on any atom is 0.251 e. The van der Waals surface area contributed by atoms with E-state index in [-0.39, 0.29) is 29.0 Å². The van der Waals surface area contributed by atoms with E-state index < -0.39 is 10.0 Å². The van der Waals surface area contributed by atoms with Crippen LogP contribution in [0, 0.1) is 6.92 Å². The van der Waals surface area contributed by atoms with Gasteiger partial charge in [-0.1, -0.05) is 29.8 Å². The minimum Gasteiger partial charge on any atom is -0.496 e. The van der Waals surface area contributed by atoms with E-state index in [1.54, 1.807) is 13.2 Å². The number of amides is 1. The highest BCUT2D eigenvalue weighted by Crippen LogP contribution is 2.26. The van der Waals surface area contributed by atoms with Crippen molar-refractivity contribution in [3.63, 3.8) is 0 Å². The van der Waals surface area contributed by atoms with Crippen LogP contribution in [-0.4, -0.2) is 28.0 Å². The summed E-state index contributed by atoms with van der Waals surface area (Å²) in [5, 5.41) is 2.89. The van der Waals surface area contributed by atoms with Crippen LogP contribution >= 0.6 is 0 Å². The number of benzene rings is 2. The number of rotatable bonds is 8. The van der Waals surface area contributed by atoms with Crippen molar-refractivity contribution in [2.75, 3.05) is 13.7 Å². The fourth-order valence-corrected chi connectivity index (χ4v) is 3.65. The Morgan fingerprint density at radius 2 is 2.00 bits per heavy atom. The van der Waals surface area contributed by atoms with Crippen molar-refractivity contribution >= 4 is 15.9 Å². The normalized spacial score (nSPS) is 12.3. The molecule has 0 aromatic heterocycles. The number of sulfonamides is 1. The first kappa shape index (κ1) is 20.7. The molecule has 2 aromatic rings. The van der Waals surface area contributed by atoms with E-state index in [9.17, 15) is 13.2 Å². The quantitative estimate of drug-likeness (QED) is 0.681. The van der Waals surface area contributed by atoms with Gasteiger partial charge >= 0.3 is 0 Å². The van der Waals surface area contributed by atoms with Crippen LogP contribution in [0.5, 0.6) is 5.75 Å². The summed E-state index contributed by atoms with van der Waals surface area (Å²) in [6.45, 7) is 7.41. The molecule has 0 heterocycles. The minimum absolute atomic E-state index is 0.0257.